The first-order chi connectivity index (χ1) is 14.1. The fraction of sp³-hybridized carbons (Fsp3) is 0.500. The Hall–Kier alpha value is -2.17. The highest BCUT2D eigenvalue weighted by Gasteiger charge is 2.20. The summed E-state index contributed by atoms with van der Waals surface area (Å²) < 4.78 is 17.9. The summed E-state index contributed by atoms with van der Waals surface area (Å²) in [6.45, 7) is 5.65. The van der Waals surface area contributed by atoms with Crippen molar-refractivity contribution in [2.45, 2.75) is 18.6 Å². The standard InChI is InChI=1S/C18H24ClN5O4S/c1-4-24-17(23-5-7-28-8-6-23)21-22-18(24)29-11-16(25)20-13-9-12(19)14(26-2)10-15(13)27-3/h9-10H,4-8,11H2,1-3H3,(H,20,25). The number of carbonyl (C=O) groups is 1. The average Bonchev–Trinajstić information content (AvgIpc) is 3.16. The minimum atomic E-state index is -0.201. The Kier molecular flexibility index (Phi) is 7.45. The number of methoxy groups -OCH3 is 2. The molecule has 0 spiro atoms. The van der Waals surface area contributed by atoms with Gasteiger partial charge >= 0.3 is 0 Å². The van der Waals surface area contributed by atoms with Crippen LogP contribution in [-0.4, -0.2) is 66.9 Å². The van der Waals surface area contributed by atoms with Crippen molar-refractivity contribution >= 4 is 40.9 Å². The predicted molar refractivity (Wildman–Crippen MR) is 113 cm³/mol. The number of nitrogens with zero attached hydrogens (tertiary/aromatic N) is 4. The van der Waals surface area contributed by atoms with Crippen molar-refractivity contribution in [3.05, 3.63) is 17.2 Å². The van der Waals surface area contributed by atoms with Crippen molar-refractivity contribution in [1.29, 1.82) is 0 Å². The van der Waals surface area contributed by atoms with Crippen LogP contribution in [0.1, 0.15) is 6.92 Å². The van der Waals surface area contributed by atoms with E-state index >= 15 is 0 Å². The van der Waals surface area contributed by atoms with Crippen LogP contribution in [0.25, 0.3) is 0 Å². The molecule has 0 atom stereocenters. The van der Waals surface area contributed by atoms with E-state index in [0.717, 1.165) is 19.0 Å². The highest BCUT2D eigenvalue weighted by Crippen LogP contribution is 2.36. The van der Waals surface area contributed by atoms with Gasteiger partial charge in [0.2, 0.25) is 11.9 Å². The van der Waals surface area contributed by atoms with Crippen LogP contribution < -0.4 is 19.7 Å². The zero-order valence-electron chi connectivity index (χ0n) is 16.6. The fourth-order valence-electron chi connectivity index (χ4n) is 2.94. The molecule has 1 aliphatic heterocycles. The van der Waals surface area contributed by atoms with Crippen molar-refractivity contribution in [2.24, 2.45) is 0 Å². The summed E-state index contributed by atoms with van der Waals surface area (Å²) in [6, 6.07) is 3.24. The minimum absolute atomic E-state index is 0.175. The van der Waals surface area contributed by atoms with Crippen molar-refractivity contribution in [3.63, 3.8) is 0 Å². The second-order valence-electron chi connectivity index (χ2n) is 6.15. The Labute approximate surface area is 178 Å². The van der Waals surface area contributed by atoms with E-state index in [1.165, 1.54) is 26.0 Å². The molecule has 158 valence electrons. The van der Waals surface area contributed by atoms with Crippen molar-refractivity contribution in [1.82, 2.24) is 14.8 Å². The number of aromatic nitrogens is 3. The van der Waals surface area contributed by atoms with Crippen LogP contribution in [0.5, 0.6) is 11.5 Å². The Morgan fingerprint density at radius 3 is 2.62 bits per heavy atom. The zero-order chi connectivity index (χ0) is 20.8. The molecule has 11 heteroatoms. The average molecular weight is 442 g/mol. The molecular formula is C18H24ClN5O4S. The van der Waals surface area contributed by atoms with E-state index < -0.39 is 0 Å². The number of thioether (sulfide) groups is 1. The summed E-state index contributed by atoms with van der Waals surface area (Å²) >= 11 is 7.49. The molecule has 1 saturated heterocycles. The first-order valence-electron chi connectivity index (χ1n) is 9.17. The Morgan fingerprint density at radius 2 is 1.97 bits per heavy atom. The lowest BCUT2D eigenvalue weighted by molar-refractivity contribution is -0.113. The molecule has 1 fully saturated rings. The molecule has 29 heavy (non-hydrogen) atoms. The summed E-state index contributed by atoms with van der Waals surface area (Å²) in [7, 11) is 3.04. The van der Waals surface area contributed by atoms with Gasteiger partial charge in [0, 0.05) is 25.7 Å². The third-order valence-corrected chi connectivity index (χ3v) is 5.65. The van der Waals surface area contributed by atoms with Crippen LogP contribution in [0.15, 0.2) is 17.3 Å². The van der Waals surface area contributed by atoms with Gasteiger partial charge in [-0.3, -0.25) is 9.36 Å². The van der Waals surface area contributed by atoms with Gasteiger partial charge in [0.25, 0.3) is 0 Å². The molecule has 0 bridgehead atoms. The second-order valence-corrected chi connectivity index (χ2v) is 7.50. The first-order valence-corrected chi connectivity index (χ1v) is 10.5. The van der Waals surface area contributed by atoms with Gasteiger partial charge < -0.3 is 24.4 Å². The number of morpholine rings is 1. The normalized spacial score (nSPS) is 14.0. The van der Waals surface area contributed by atoms with Gasteiger partial charge in [-0.1, -0.05) is 23.4 Å². The number of ether oxygens (including phenoxy) is 3. The molecule has 1 N–H and O–H groups in total. The van der Waals surface area contributed by atoms with Gasteiger partial charge in [0.15, 0.2) is 5.16 Å². The number of amides is 1. The summed E-state index contributed by atoms with van der Waals surface area (Å²) in [6.07, 6.45) is 0. The maximum Gasteiger partial charge on any atom is 0.234 e. The molecule has 1 aliphatic rings. The summed E-state index contributed by atoms with van der Waals surface area (Å²) in [5.41, 5.74) is 0.481. The number of carbonyl (C=O) groups excluding carboxylic acids is 1. The van der Waals surface area contributed by atoms with Crippen LogP contribution in [-0.2, 0) is 16.1 Å². The number of anilines is 2. The number of hydrogen-bond donors (Lipinski definition) is 1. The SMILES string of the molecule is CCn1c(SCC(=O)Nc2cc(Cl)c(OC)cc2OC)nnc1N1CCOCC1. The van der Waals surface area contributed by atoms with E-state index in [1.807, 2.05) is 11.5 Å². The Balaban J connectivity index is 1.65. The summed E-state index contributed by atoms with van der Waals surface area (Å²) in [5, 5.41) is 12.5. The fourth-order valence-corrected chi connectivity index (χ4v) is 3.97. The molecule has 1 aromatic heterocycles. The molecule has 2 heterocycles. The van der Waals surface area contributed by atoms with Crippen molar-refractivity contribution in [3.8, 4) is 11.5 Å². The lowest BCUT2D eigenvalue weighted by Crippen LogP contribution is -2.38. The van der Waals surface area contributed by atoms with Gasteiger partial charge in [-0.2, -0.15) is 0 Å². The van der Waals surface area contributed by atoms with Gasteiger partial charge in [-0.15, -0.1) is 10.2 Å². The minimum Gasteiger partial charge on any atom is -0.495 e. The van der Waals surface area contributed by atoms with E-state index in [-0.39, 0.29) is 11.7 Å². The summed E-state index contributed by atoms with van der Waals surface area (Å²) in [5.74, 6) is 1.72. The molecule has 0 radical (unpaired) electrons. The molecule has 1 amide bonds. The maximum absolute atomic E-state index is 12.5. The smallest absolute Gasteiger partial charge is 0.234 e. The van der Waals surface area contributed by atoms with E-state index in [9.17, 15) is 4.79 Å². The third kappa shape index (κ3) is 5.06. The highest BCUT2D eigenvalue weighted by atomic mass is 35.5. The highest BCUT2D eigenvalue weighted by molar-refractivity contribution is 7.99. The van der Waals surface area contributed by atoms with Crippen LogP contribution >= 0.6 is 23.4 Å². The topological polar surface area (TPSA) is 90.7 Å². The second kappa shape index (κ2) is 10.0. The molecule has 9 nitrogen and oxygen atoms in total. The van der Waals surface area contributed by atoms with Gasteiger partial charge in [0.05, 0.1) is 43.9 Å². The van der Waals surface area contributed by atoms with Crippen LogP contribution in [0.2, 0.25) is 5.02 Å². The zero-order valence-corrected chi connectivity index (χ0v) is 18.2. The molecule has 0 unspecified atom stereocenters. The van der Waals surface area contributed by atoms with Gasteiger partial charge in [-0.25, -0.2) is 0 Å². The maximum atomic E-state index is 12.5. The number of benzene rings is 1. The van der Waals surface area contributed by atoms with E-state index in [2.05, 4.69) is 20.4 Å². The summed E-state index contributed by atoms with van der Waals surface area (Å²) in [4.78, 5) is 14.6. The predicted octanol–water partition coefficient (Wildman–Crippen LogP) is 2.54. The Morgan fingerprint density at radius 1 is 1.24 bits per heavy atom. The molecule has 2 aromatic rings. The van der Waals surface area contributed by atoms with E-state index in [0.29, 0.717) is 47.1 Å². The van der Waals surface area contributed by atoms with Gasteiger partial charge in [0.1, 0.15) is 11.5 Å². The number of rotatable bonds is 8. The van der Waals surface area contributed by atoms with Crippen molar-refractivity contribution < 1.29 is 19.0 Å². The molecule has 0 saturated carbocycles. The van der Waals surface area contributed by atoms with E-state index in [4.69, 9.17) is 25.8 Å². The first kappa shape index (κ1) is 21.5. The van der Waals surface area contributed by atoms with E-state index in [1.54, 1.807) is 12.1 Å². The lowest BCUT2D eigenvalue weighted by Gasteiger charge is -2.27. The largest absolute Gasteiger partial charge is 0.495 e. The van der Waals surface area contributed by atoms with Gasteiger partial charge in [-0.05, 0) is 13.0 Å². The monoisotopic (exact) mass is 441 g/mol. The number of nitrogens with one attached hydrogen (secondary N) is 1. The lowest BCUT2D eigenvalue weighted by atomic mass is 10.2. The quantitative estimate of drug-likeness (QED) is 0.625. The molecule has 3 rings (SSSR count). The molecule has 1 aromatic carbocycles. The number of hydrogen-bond acceptors (Lipinski definition) is 8. The van der Waals surface area contributed by atoms with Crippen LogP contribution in [0, 0.1) is 0 Å². The van der Waals surface area contributed by atoms with Crippen LogP contribution in [0.3, 0.4) is 0 Å². The molecule has 0 aliphatic carbocycles. The number of halogens is 1. The Bertz CT molecular complexity index is 857. The van der Waals surface area contributed by atoms with Crippen LogP contribution in [0.4, 0.5) is 11.6 Å². The third-order valence-electron chi connectivity index (χ3n) is 4.39. The van der Waals surface area contributed by atoms with Crippen molar-refractivity contribution in [2.75, 3.05) is 56.5 Å². The molecular weight excluding hydrogens is 418 g/mol.